The predicted octanol–water partition coefficient (Wildman–Crippen LogP) is -14.0. The van der Waals surface area contributed by atoms with E-state index in [1.807, 2.05) is 0 Å². The fourth-order valence-electron chi connectivity index (χ4n) is 0. The Kier molecular flexibility index (Phi) is 256. The third kappa shape index (κ3) is 2370. The van der Waals surface area contributed by atoms with Crippen LogP contribution < -0.4 is 18.8 Å². The van der Waals surface area contributed by atoms with Crippen LogP contribution in [-0.4, -0.2) is 22.4 Å². The molecule has 0 saturated heterocycles. The molecule has 0 saturated carbocycles. The van der Waals surface area contributed by atoms with Crippen molar-refractivity contribution in [2.45, 2.75) is 0 Å². The van der Waals surface area contributed by atoms with Crippen molar-refractivity contribution in [3.63, 3.8) is 0 Å². The summed E-state index contributed by atoms with van der Waals surface area (Å²) in [6, 6.07) is 0. The fourth-order valence-corrected chi connectivity index (χ4v) is 0. The molecule has 9 heavy (non-hydrogen) atoms. The van der Waals surface area contributed by atoms with E-state index >= 15 is 0 Å². The summed E-state index contributed by atoms with van der Waals surface area (Å²) in [7, 11) is -2.17. The van der Waals surface area contributed by atoms with Crippen LogP contribution in [0.1, 0.15) is 0 Å². The van der Waals surface area contributed by atoms with Crippen LogP contribution in [0.3, 0.4) is 0 Å². The van der Waals surface area contributed by atoms with E-state index in [0.29, 0.717) is 0 Å². The first-order chi connectivity index (χ1) is 1.73. The molecular formula is H3BF4O3Ti. The van der Waals surface area contributed by atoms with Gasteiger partial charge in [0, 0.05) is 0 Å². The molecule has 0 atom stereocenters. The standard InChI is InChI=1S/BH3O3.4FH.Ti/c2-1(3)4;;;;;/h2-4H;4*1H;/q;;;;;+4/p-4. The summed E-state index contributed by atoms with van der Waals surface area (Å²) in [5.74, 6) is 0. The van der Waals surface area contributed by atoms with Gasteiger partial charge in [0.05, 0.1) is 0 Å². The van der Waals surface area contributed by atoms with Crippen molar-refractivity contribution in [1.82, 2.24) is 0 Å². The van der Waals surface area contributed by atoms with Gasteiger partial charge in [-0.25, -0.2) is 0 Å². The maximum atomic E-state index is 7.17. The minimum absolute atomic E-state index is 0. The third-order valence-corrected chi connectivity index (χ3v) is 0. The van der Waals surface area contributed by atoms with E-state index in [-0.39, 0.29) is 40.5 Å². The van der Waals surface area contributed by atoms with Crippen LogP contribution in [0.4, 0.5) is 0 Å². The molecular weight excluding hydrogens is 183 g/mol. The Labute approximate surface area is 63.6 Å². The van der Waals surface area contributed by atoms with Crippen molar-refractivity contribution in [1.29, 1.82) is 0 Å². The Balaban J connectivity index is -0.00000000450. The maximum absolute atomic E-state index is 7.17. The van der Waals surface area contributed by atoms with Gasteiger partial charge in [-0.15, -0.1) is 0 Å². The van der Waals surface area contributed by atoms with Crippen LogP contribution in [-0.2, 0) is 21.7 Å². The third-order valence-electron chi connectivity index (χ3n) is 0. The van der Waals surface area contributed by atoms with E-state index < -0.39 is 7.32 Å². The fraction of sp³-hybridized carbons (Fsp3) is 0. The Hall–Kier alpha value is 0.379. The van der Waals surface area contributed by atoms with Crippen molar-refractivity contribution in [3.05, 3.63) is 0 Å². The first-order valence-electron chi connectivity index (χ1n) is 0.775. The summed E-state index contributed by atoms with van der Waals surface area (Å²) >= 11 is 0. The van der Waals surface area contributed by atoms with Crippen LogP contribution in [0, 0.1) is 0 Å². The van der Waals surface area contributed by atoms with Gasteiger partial charge in [0.25, 0.3) is 0 Å². The summed E-state index contributed by atoms with van der Waals surface area (Å²) in [6.45, 7) is 0. The van der Waals surface area contributed by atoms with Gasteiger partial charge in [-0.3, -0.25) is 0 Å². The number of halogens is 4. The molecule has 0 radical (unpaired) electrons. The zero-order valence-electron chi connectivity index (χ0n) is 3.93. The number of hydrogen-bond donors (Lipinski definition) is 3. The molecule has 0 aliphatic heterocycles. The molecule has 0 aliphatic carbocycles. The molecule has 56 valence electrons. The van der Waals surface area contributed by atoms with Gasteiger partial charge in [-0.2, -0.15) is 0 Å². The predicted molar refractivity (Wildman–Crippen MR) is 12.4 cm³/mol. The molecule has 0 bridgehead atoms. The van der Waals surface area contributed by atoms with Gasteiger partial charge in [0.15, 0.2) is 0 Å². The quantitative estimate of drug-likeness (QED) is 0.260. The van der Waals surface area contributed by atoms with Crippen LogP contribution in [0.25, 0.3) is 0 Å². The number of rotatable bonds is 0. The number of hydrogen-bond acceptors (Lipinski definition) is 3. The molecule has 0 rings (SSSR count). The largest absolute Gasteiger partial charge is 4.00 e. The van der Waals surface area contributed by atoms with Gasteiger partial charge < -0.3 is 33.9 Å². The van der Waals surface area contributed by atoms with Gasteiger partial charge in [-0.1, -0.05) is 0 Å². The molecule has 0 aromatic rings. The van der Waals surface area contributed by atoms with Crippen LogP contribution >= 0.6 is 0 Å². The summed E-state index contributed by atoms with van der Waals surface area (Å²) in [6.07, 6.45) is 0. The van der Waals surface area contributed by atoms with E-state index in [1.54, 1.807) is 0 Å². The monoisotopic (exact) mass is 186 g/mol. The molecule has 0 amide bonds. The second-order valence-electron chi connectivity index (χ2n) is 0.346. The summed E-state index contributed by atoms with van der Waals surface area (Å²) in [5, 5.41) is 21.5. The Bertz CT molecular complexity index is 20.5. The molecule has 0 heterocycles. The van der Waals surface area contributed by atoms with Gasteiger partial charge >= 0.3 is 29.0 Å². The van der Waals surface area contributed by atoms with Gasteiger partial charge in [-0.05, 0) is 0 Å². The minimum atomic E-state index is -2.17. The van der Waals surface area contributed by atoms with Crippen molar-refractivity contribution < 1.29 is 55.6 Å². The van der Waals surface area contributed by atoms with Crippen molar-refractivity contribution in [2.24, 2.45) is 0 Å². The molecule has 9 heteroatoms. The van der Waals surface area contributed by atoms with E-state index in [4.69, 9.17) is 15.1 Å². The van der Waals surface area contributed by atoms with E-state index in [2.05, 4.69) is 0 Å². The maximum Gasteiger partial charge on any atom is 4.00 e. The molecule has 0 unspecified atom stereocenters. The average Bonchev–Trinajstić information content (AvgIpc) is 0.811. The molecule has 3 N–H and O–H groups in total. The minimum Gasteiger partial charge on any atom is -1.00 e. The molecule has 0 fully saturated rings. The zero-order valence-corrected chi connectivity index (χ0v) is 5.49. The second-order valence-corrected chi connectivity index (χ2v) is 0.346. The second kappa shape index (κ2) is 40.0. The van der Waals surface area contributed by atoms with E-state index in [0.717, 1.165) is 0 Å². The van der Waals surface area contributed by atoms with Gasteiger partial charge in [0.2, 0.25) is 0 Å². The average molecular weight is 186 g/mol. The normalized spacial score (nSPS) is 3.00. The first kappa shape index (κ1) is 57.7. The molecule has 0 aromatic heterocycles. The topological polar surface area (TPSA) is 60.7 Å². The first-order valence-corrected chi connectivity index (χ1v) is 0.775. The Morgan fingerprint density at radius 1 is 0.667 bits per heavy atom. The Morgan fingerprint density at radius 2 is 0.667 bits per heavy atom. The van der Waals surface area contributed by atoms with Crippen LogP contribution in [0.2, 0.25) is 0 Å². The molecule has 3 nitrogen and oxygen atoms in total. The van der Waals surface area contributed by atoms with E-state index in [9.17, 15) is 0 Å². The van der Waals surface area contributed by atoms with Crippen molar-refractivity contribution in [2.75, 3.05) is 0 Å². The molecule has 0 aromatic carbocycles. The van der Waals surface area contributed by atoms with Crippen LogP contribution in [0.15, 0.2) is 0 Å². The zero-order chi connectivity index (χ0) is 3.58. The van der Waals surface area contributed by atoms with Crippen molar-refractivity contribution >= 4 is 7.32 Å². The summed E-state index contributed by atoms with van der Waals surface area (Å²) in [5.41, 5.74) is 0. The van der Waals surface area contributed by atoms with Crippen molar-refractivity contribution in [3.8, 4) is 0 Å². The Morgan fingerprint density at radius 3 is 0.667 bits per heavy atom. The van der Waals surface area contributed by atoms with Crippen LogP contribution in [0.5, 0.6) is 0 Å². The van der Waals surface area contributed by atoms with Gasteiger partial charge in [0.1, 0.15) is 0 Å². The van der Waals surface area contributed by atoms with E-state index in [1.165, 1.54) is 0 Å². The SMILES string of the molecule is OB(O)O.[F-].[F-].[F-].[F-].[Ti+4]. The summed E-state index contributed by atoms with van der Waals surface area (Å²) in [4.78, 5) is 0. The smallest absolute Gasteiger partial charge is 1.00 e. The summed E-state index contributed by atoms with van der Waals surface area (Å²) < 4.78 is 0. The molecule has 0 aliphatic rings. The molecule has 0 spiro atoms.